The normalized spacial score (nSPS) is 11.7. The fourth-order valence-corrected chi connectivity index (χ4v) is 3.09. The molecular weight excluding hydrogens is 188 g/mol. The number of hydrogen-bond donors (Lipinski definition) is 1. The average molecular weight is 202 g/mol. The summed E-state index contributed by atoms with van der Waals surface area (Å²) in [6, 6.07) is 0. The molecule has 1 rings (SSSR count). The first-order valence-corrected chi connectivity index (χ1v) is 5.47. The van der Waals surface area contributed by atoms with Crippen LogP contribution in [0, 0.1) is 0 Å². The molecule has 1 heterocycles. The first-order valence-electron chi connectivity index (χ1n) is 3.84. The molecule has 0 atom stereocenters. The van der Waals surface area contributed by atoms with Crippen molar-refractivity contribution in [2.24, 2.45) is 0 Å². The Morgan fingerprint density at radius 2 is 2.17 bits per heavy atom. The Bertz CT molecular complexity index is 250. The van der Waals surface area contributed by atoms with E-state index in [1.165, 1.54) is 4.21 Å². The summed E-state index contributed by atoms with van der Waals surface area (Å²) in [5, 5.41) is 4.01. The molecule has 0 unspecified atom stereocenters. The van der Waals surface area contributed by atoms with Crippen molar-refractivity contribution in [2.45, 2.75) is 29.7 Å². The maximum atomic E-state index is 4.21. The highest BCUT2D eigenvalue weighted by molar-refractivity contribution is 8.02. The van der Waals surface area contributed by atoms with E-state index in [2.05, 4.69) is 31.1 Å². The van der Waals surface area contributed by atoms with Crippen molar-refractivity contribution in [3.63, 3.8) is 0 Å². The Labute approximate surface area is 81.8 Å². The van der Waals surface area contributed by atoms with Gasteiger partial charge in [-0.1, -0.05) is 32.1 Å². The fourth-order valence-electron chi connectivity index (χ4n) is 0.724. The van der Waals surface area contributed by atoms with E-state index in [-0.39, 0.29) is 4.75 Å². The van der Waals surface area contributed by atoms with Crippen LogP contribution < -0.4 is 5.32 Å². The second kappa shape index (κ2) is 3.66. The summed E-state index contributed by atoms with van der Waals surface area (Å²) in [7, 11) is 1.89. The van der Waals surface area contributed by atoms with Crippen LogP contribution in [0.3, 0.4) is 0 Å². The lowest BCUT2D eigenvalue weighted by Gasteiger charge is -2.14. The van der Waals surface area contributed by atoms with Crippen molar-refractivity contribution < 1.29 is 0 Å². The van der Waals surface area contributed by atoms with E-state index in [4.69, 9.17) is 0 Å². The molecule has 0 fully saturated rings. The van der Waals surface area contributed by atoms with Gasteiger partial charge in [-0.05, 0) is 0 Å². The summed E-state index contributed by atoms with van der Waals surface area (Å²) in [6.07, 6.45) is 1.92. The molecule has 4 heteroatoms. The molecular formula is C8H14N2S2. The minimum absolute atomic E-state index is 0.275. The highest BCUT2D eigenvalue weighted by atomic mass is 32.2. The fraction of sp³-hybridized carbons (Fsp3) is 0.625. The third-order valence-corrected chi connectivity index (χ3v) is 3.33. The van der Waals surface area contributed by atoms with Crippen LogP contribution in [-0.2, 0) is 0 Å². The third kappa shape index (κ3) is 3.03. The van der Waals surface area contributed by atoms with Crippen LogP contribution in [0.25, 0.3) is 0 Å². The van der Waals surface area contributed by atoms with E-state index in [0.29, 0.717) is 0 Å². The lowest BCUT2D eigenvalue weighted by atomic mass is 10.3. The average Bonchev–Trinajstić information content (AvgIpc) is 2.32. The lowest BCUT2D eigenvalue weighted by molar-refractivity contribution is 0.804. The Kier molecular flexibility index (Phi) is 3.01. The van der Waals surface area contributed by atoms with E-state index >= 15 is 0 Å². The molecule has 68 valence electrons. The Morgan fingerprint density at radius 1 is 1.50 bits per heavy atom. The van der Waals surface area contributed by atoms with Crippen LogP contribution >= 0.6 is 23.1 Å². The Hall–Kier alpha value is -0.220. The topological polar surface area (TPSA) is 24.9 Å². The van der Waals surface area contributed by atoms with Crippen LogP contribution in [0.15, 0.2) is 10.4 Å². The molecule has 0 amide bonds. The van der Waals surface area contributed by atoms with Crippen molar-refractivity contribution in [3.8, 4) is 0 Å². The van der Waals surface area contributed by atoms with E-state index < -0.39 is 0 Å². The Morgan fingerprint density at radius 3 is 2.58 bits per heavy atom. The summed E-state index contributed by atoms with van der Waals surface area (Å²) in [6.45, 7) is 6.61. The standard InChI is InChI=1S/C8H14N2S2/c1-8(2,3)12-6-5-10-7(9-4)11-6/h5H,1-4H3,(H,9,10). The molecule has 2 nitrogen and oxygen atoms in total. The van der Waals surface area contributed by atoms with Gasteiger partial charge in [-0.2, -0.15) is 0 Å². The monoisotopic (exact) mass is 202 g/mol. The number of nitrogens with one attached hydrogen (secondary N) is 1. The van der Waals surface area contributed by atoms with E-state index in [1.54, 1.807) is 11.3 Å². The molecule has 0 aliphatic carbocycles. The number of hydrogen-bond acceptors (Lipinski definition) is 4. The molecule has 0 aliphatic rings. The zero-order chi connectivity index (χ0) is 9.19. The maximum Gasteiger partial charge on any atom is 0.183 e. The van der Waals surface area contributed by atoms with E-state index in [1.807, 2.05) is 25.0 Å². The highest BCUT2D eigenvalue weighted by Crippen LogP contribution is 2.36. The van der Waals surface area contributed by atoms with Gasteiger partial charge in [0.15, 0.2) is 5.13 Å². The third-order valence-electron chi connectivity index (χ3n) is 1.11. The van der Waals surface area contributed by atoms with Gasteiger partial charge in [0, 0.05) is 11.8 Å². The van der Waals surface area contributed by atoms with Crippen LogP contribution in [0.1, 0.15) is 20.8 Å². The van der Waals surface area contributed by atoms with Crippen molar-refractivity contribution in [1.29, 1.82) is 0 Å². The van der Waals surface area contributed by atoms with Gasteiger partial charge >= 0.3 is 0 Å². The molecule has 0 spiro atoms. The van der Waals surface area contributed by atoms with Gasteiger partial charge in [0.1, 0.15) is 0 Å². The van der Waals surface area contributed by atoms with Gasteiger partial charge in [0.2, 0.25) is 0 Å². The number of anilines is 1. The van der Waals surface area contributed by atoms with Crippen LogP contribution in [-0.4, -0.2) is 16.8 Å². The van der Waals surface area contributed by atoms with Crippen LogP contribution in [0.2, 0.25) is 0 Å². The van der Waals surface area contributed by atoms with Crippen LogP contribution in [0.5, 0.6) is 0 Å². The molecule has 0 bridgehead atoms. The summed E-state index contributed by atoms with van der Waals surface area (Å²) in [4.78, 5) is 4.21. The second-order valence-electron chi connectivity index (χ2n) is 3.45. The molecule has 0 saturated heterocycles. The van der Waals surface area contributed by atoms with E-state index in [0.717, 1.165) is 5.13 Å². The number of thioether (sulfide) groups is 1. The summed E-state index contributed by atoms with van der Waals surface area (Å²) in [5.74, 6) is 0. The molecule has 1 aromatic heterocycles. The first kappa shape index (κ1) is 9.86. The molecule has 1 N–H and O–H groups in total. The second-order valence-corrected chi connectivity index (χ2v) is 6.61. The molecule has 12 heavy (non-hydrogen) atoms. The number of rotatable bonds is 2. The van der Waals surface area contributed by atoms with Gasteiger partial charge in [0.25, 0.3) is 0 Å². The van der Waals surface area contributed by atoms with Crippen LogP contribution in [0.4, 0.5) is 5.13 Å². The van der Waals surface area contributed by atoms with Gasteiger partial charge in [-0.15, -0.1) is 11.8 Å². The summed E-state index contributed by atoms with van der Waals surface area (Å²) >= 11 is 3.55. The predicted molar refractivity (Wildman–Crippen MR) is 57.3 cm³/mol. The van der Waals surface area contributed by atoms with Crippen molar-refractivity contribution >= 4 is 28.2 Å². The van der Waals surface area contributed by atoms with Gasteiger partial charge in [-0.25, -0.2) is 4.98 Å². The van der Waals surface area contributed by atoms with Crippen molar-refractivity contribution in [1.82, 2.24) is 4.98 Å². The highest BCUT2D eigenvalue weighted by Gasteiger charge is 2.13. The zero-order valence-electron chi connectivity index (χ0n) is 7.84. The quantitative estimate of drug-likeness (QED) is 0.746. The first-order chi connectivity index (χ1) is 5.51. The molecule has 0 aromatic carbocycles. The van der Waals surface area contributed by atoms with Crippen molar-refractivity contribution in [2.75, 3.05) is 12.4 Å². The van der Waals surface area contributed by atoms with Gasteiger partial charge in [-0.3, -0.25) is 0 Å². The van der Waals surface area contributed by atoms with Gasteiger partial charge < -0.3 is 5.32 Å². The number of nitrogens with zero attached hydrogens (tertiary/aromatic N) is 1. The Balaban J connectivity index is 2.64. The number of thiazole rings is 1. The smallest absolute Gasteiger partial charge is 0.183 e. The lowest BCUT2D eigenvalue weighted by Crippen LogP contribution is -2.05. The van der Waals surface area contributed by atoms with E-state index in [9.17, 15) is 0 Å². The molecule has 0 saturated carbocycles. The van der Waals surface area contributed by atoms with Gasteiger partial charge in [0.05, 0.1) is 10.4 Å². The maximum absolute atomic E-state index is 4.21. The zero-order valence-corrected chi connectivity index (χ0v) is 9.47. The minimum atomic E-state index is 0.275. The summed E-state index contributed by atoms with van der Waals surface area (Å²) < 4.78 is 1.55. The molecule has 1 aromatic rings. The van der Waals surface area contributed by atoms with Crippen molar-refractivity contribution in [3.05, 3.63) is 6.20 Å². The largest absolute Gasteiger partial charge is 0.365 e. The SMILES string of the molecule is CNc1ncc(SC(C)(C)C)s1. The number of aromatic nitrogens is 1. The predicted octanol–water partition coefficient (Wildman–Crippen LogP) is 3.08. The molecule has 0 aliphatic heterocycles. The summed E-state index contributed by atoms with van der Waals surface area (Å²) in [5.41, 5.74) is 0. The molecule has 0 radical (unpaired) electrons. The minimum Gasteiger partial charge on any atom is -0.365 e.